The molecule has 1 unspecified atom stereocenters. The summed E-state index contributed by atoms with van der Waals surface area (Å²) >= 11 is 0. The van der Waals surface area contributed by atoms with Crippen molar-refractivity contribution in [3.8, 4) is 0 Å². The highest BCUT2D eigenvalue weighted by Crippen LogP contribution is 2.26. The summed E-state index contributed by atoms with van der Waals surface area (Å²) in [6.07, 6.45) is 0. The van der Waals surface area contributed by atoms with Crippen LogP contribution >= 0.6 is 8.17 Å². The maximum atomic E-state index is 11.2. The molecule has 0 rings (SSSR count). The summed E-state index contributed by atoms with van der Waals surface area (Å²) in [5.74, 6) is -0.522. The summed E-state index contributed by atoms with van der Waals surface area (Å²) in [7, 11) is -0.916. The number of hydrogen-bond donors (Lipinski definition) is 0. The van der Waals surface area contributed by atoms with Crippen LogP contribution in [-0.2, 0) is 14.1 Å². The Labute approximate surface area is 85.1 Å². The first-order chi connectivity index (χ1) is 6.26. The van der Waals surface area contributed by atoms with E-state index in [1.54, 1.807) is 20.8 Å². The SMILES string of the molecule is COC(=O)[C@H](C)N=[P+]([O-])OC(C)(C)C. The van der Waals surface area contributed by atoms with E-state index in [1.165, 1.54) is 14.0 Å². The summed E-state index contributed by atoms with van der Waals surface area (Å²) in [4.78, 5) is 22.2. The predicted octanol–water partition coefficient (Wildman–Crippen LogP) is 1.22. The van der Waals surface area contributed by atoms with E-state index in [-0.39, 0.29) is 0 Å². The van der Waals surface area contributed by atoms with Crippen LogP contribution in [0.2, 0.25) is 0 Å². The number of carbonyl (C=O) groups is 1. The Hall–Kier alpha value is -0.510. The lowest BCUT2D eigenvalue weighted by molar-refractivity contribution is -0.183. The van der Waals surface area contributed by atoms with E-state index in [4.69, 9.17) is 4.52 Å². The largest absolute Gasteiger partial charge is 0.583 e. The first-order valence-corrected chi connectivity index (χ1v) is 5.34. The molecule has 0 aromatic heterocycles. The molecule has 5 nitrogen and oxygen atoms in total. The van der Waals surface area contributed by atoms with Crippen molar-refractivity contribution in [2.24, 2.45) is 4.74 Å². The molecule has 0 bridgehead atoms. The van der Waals surface area contributed by atoms with Crippen LogP contribution in [0.5, 0.6) is 0 Å². The lowest BCUT2D eigenvalue weighted by Crippen LogP contribution is -2.19. The van der Waals surface area contributed by atoms with Crippen molar-refractivity contribution >= 4 is 14.1 Å². The zero-order valence-electron chi connectivity index (χ0n) is 9.10. The van der Waals surface area contributed by atoms with E-state index >= 15 is 0 Å². The Morgan fingerprint density at radius 2 is 2.00 bits per heavy atom. The zero-order chi connectivity index (χ0) is 11.4. The second-order valence-electron chi connectivity index (χ2n) is 3.76. The van der Waals surface area contributed by atoms with Gasteiger partial charge in [0.15, 0.2) is 6.04 Å². The minimum absolute atomic E-state index is 0.522. The van der Waals surface area contributed by atoms with Crippen molar-refractivity contribution in [1.29, 1.82) is 0 Å². The predicted molar refractivity (Wildman–Crippen MR) is 51.7 cm³/mol. The average molecular weight is 221 g/mol. The molecule has 0 aromatic carbocycles. The zero-order valence-corrected chi connectivity index (χ0v) is 10.00. The Morgan fingerprint density at radius 3 is 2.36 bits per heavy atom. The number of ether oxygens (including phenoxy) is 1. The van der Waals surface area contributed by atoms with Gasteiger partial charge in [-0.15, -0.1) is 0 Å². The Balaban J connectivity index is 4.30. The van der Waals surface area contributed by atoms with Gasteiger partial charge in [0.2, 0.25) is 0 Å². The highest BCUT2D eigenvalue weighted by atomic mass is 31.1. The molecule has 82 valence electrons. The van der Waals surface area contributed by atoms with Crippen molar-refractivity contribution in [3.63, 3.8) is 0 Å². The van der Waals surface area contributed by atoms with Gasteiger partial charge in [-0.05, 0) is 27.7 Å². The van der Waals surface area contributed by atoms with Crippen molar-refractivity contribution in [2.45, 2.75) is 39.3 Å². The smallest absolute Gasteiger partial charge is 0.343 e. The van der Waals surface area contributed by atoms with Gasteiger partial charge in [-0.3, -0.25) is 0 Å². The lowest BCUT2D eigenvalue weighted by atomic mass is 10.2. The van der Waals surface area contributed by atoms with Crippen LogP contribution in [-0.4, -0.2) is 24.7 Å². The average Bonchev–Trinajstić information content (AvgIpc) is 1.99. The van der Waals surface area contributed by atoms with Crippen molar-refractivity contribution in [2.75, 3.05) is 7.11 Å². The molecule has 0 heterocycles. The summed E-state index contributed by atoms with van der Waals surface area (Å²) in [6.45, 7) is 6.79. The van der Waals surface area contributed by atoms with Crippen LogP contribution < -0.4 is 4.89 Å². The molecular formula is C8H16NO4P. The molecule has 0 N–H and O–H groups in total. The molecule has 0 saturated carbocycles. The van der Waals surface area contributed by atoms with Crippen molar-refractivity contribution in [3.05, 3.63) is 0 Å². The summed E-state index contributed by atoms with van der Waals surface area (Å²) in [6, 6.07) is -0.758. The molecule has 0 aliphatic carbocycles. The fourth-order valence-electron chi connectivity index (χ4n) is 0.617. The summed E-state index contributed by atoms with van der Waals surface area (Å²) in [5.41, 5.74) is -0.535. The van der Waals surface area contributed by atoms with Crippen molar-refractivity contribution in [1.82, 2.24) is 0 Å². The van der Waals surface area contributed by atoms with Gasteiger partial charge in [-0.25, -0.2) is 4.79 Å². The molecule has 0 radical (unpaired) electrons. The topological polar surface area (TPSA) is 71.0 Å². The molecule has 0 aliphatic heterocycles. The Kier molecular flexibility index (Phi) is 5.19. The third-order valence-corrected chi connectivity index (χ3v) is 2.40. The molecule has 0 fully saturated rings. The van der Waals surface area contributed by atoms with E-state index in [9.17, 15) is 9.69 Å². The standard InChI is InChI=1S/C8H16NO4P/c1-6(7(10)12-5)9-14(11)13-8(2,3)4/h6H,1-5H3/t6-/m0/s1. The number of rotatable bonds is 3. The minimum Gasteiger partial charge on any atom is -0.583 e. The second kappa shape index (κ2) is 5.39. The second-order valence-corrected chi connectivity index (χ2v) is 4.65. The first-order valence-electron chi connectivity index (χ1n) is 4.21. The number of methoxy groups -OCH3 is 1. The Morgan fingerprint density at radius 1 is 1.50 bits per heavy atom. The van der Waals surface area contributed by atoms with E-state index in [0.717, 1.165) is 0 Å². The molecule has 0 spiro atoms. The molecule has 0 aromatic rings. The lowest BCUT2D eigenvalue weighted by Gasteiger charge is -2.12. The number of hydrogen-bond acceptors (Lipinski definition) is 5. The van der Waals surface area contributed by atoms with E-state index < -0.39 is 25.8 Å². The highest BCUT2D eigenvalue weighted by molar-refractivity contribution is 7.33. The van der Waals surface area contributed by atoms with Gasteiger partial charge in [0, 0.05) is 0 Å². The van der Waals surface area contributed by atoms with Crippen LogP contribution in [0.3, 0.4) is 0 Å². The van der Waals surface area contributed by atoms with Gasteiger partial charge in [0.05, 0.1) is 7.11 Å². The molecule has 0 amide bonds. The summed E-state index contributed by atoms with van der Waals surface area (Å²) in [5, 5.41) is 0. The van der Waals surface area contributed by atoms with E-state index in [0.29, 0.717) is 0 Å². The fraction of sp³-hybridized carbons (Fsp3) is 0.875. The number of carbonyl (C=O) groups excluding carboxylic acids is 1. The van der Waals surface area contributed by atoms with Gasteiger partial charge < -0.3 is 9.63 Å². The van der Waals surface area contributed by atoms with Crippen LogP contribution in [0, 0.1) is 0 Å². The first kappa shape index (κ1) is 13.5. The molecular weight excluding hydrogens is 205 g/mol. The molecule has 6 heteroatoms. The maximum absolute atomic E-state index is 11.2. The summed E-state index contributed by atoms with van der Waals surface area (Å²) < 4.78 is 13.1. The van der Waals surface area contributed by atoms with Gasteiger partial charge in [0.1, 0.15) is 5.60 Å². The van der Waals surface area contributed by atoms with Gasteiger partial charge in [0.25, 0.3) is 0 Å². The molecule has 0 aliphatic rings. The van der Waals surface area contributed by atoms with Crippen LogP contribution in [0.15, 0.2) is 4.74 Å². The third kappa shape index (κ3) is 6.02. The normalized spacial score (nSPS) is 15.1. The Bertz CT molecular complexity index is 234. The molecule has 0 saturated heterocycles. The highest BCUT2D eigenvalue weighted by Gasteiger charge is 2.21. The monoisotopic (exact) mass is 221 g/mol. The number of nitrogens with zero attached hydrogens (tertiary/aromatic N) is 1. The van der Waals surface area contributed by atoms with Crippen LogP contribution in [0.4, 0.5) is 0 Å². The van der Waals surface area contributed by atoms with Crippen molar-refractivity contribution < 1.29 is 18.9 Å². The van der Waals surface area contributed by atoms with Gasteiger partial charge >= 0.3 is 14.1 Å². The third-order valence-electron chi connectivity index (χ3n) is 1.16. The molecule has 2 atom stereocenters. The van der Waals surface area contributed by atoms with E-state index in [1.807, 2.05) is 0 Å². The quantitative estimate of drug-likeness (QED) is 0.530. The van der Waals surface area contributed by atoms with E-state index in [2.05, 4.69) is 9.48 Å². The van der Waals surface area contributed by atoms with Gasteiger partial charge in [-0.2, -0.15) is 4.52 Å². The van der Waals surface area contributed by atoms with Crippen LogP contribution in [0.25, 0.3) is 0 Å². The molecule has 14 heavy (non-hydrogen) atoms. The fourth-order valence-corrected chi connectivity index (χ4v) is 1.51. The van der Waals surface area contributed by atoms with Gasteiger partial charge in [-0.1, -0.05) is 4.74 Å². The van der Waals surface area contributed by atoms with Crippen LogP contribution in [0.1, 0.15) is 27.7 Å². The minimum atomic E-state index is -2.17. The maximum Gasteiger partial charge on any atom is 0.343 e. The number of esters is 1.